The summed E-state index contributed by atoms with van der Waals surface area (Å²) in [5.74, 6) is 0.246. The van der Waals surface area contributed by atoms with E-state index in [1.807, 2.05) is 12.4 Å². The second-order valence-corrected chi connectivity index (χ2v) is 7.58. The standard InChI is InChI=1S/C24H22FN5O/c1-31-22-3-2-18(25)12-19(22)23-20-13-21(29-24(20)28-15-27-23)17-6-10-30(11-7-17)14-16-4-8-26-9-5-16/h2-6,8-9,12-13,15H,7,10-11,14H2,1H3,(H,27,28,29). The summed E-state index contributed by atoms with van der Waals surface area (Å²) in [6.45, 7) is 2.76. The lowest BCUT2D eigenvalue weighted by atomic mass is 10.0. The third-order valence-electron chi connectivity index (χ3n) is 5.64. The van der Waals surface area contributed by atoms with E-state index in [1.54, 1.807) is 13.2 Å². The number of fused-ring (bicyclic) bond motifs is 1. The van der Waals surface area contributed by atoms with Gasteiger partial charge in [0, 0.05) is 48.7 Å². The number of ether oxygens (including phenoxy) is 1. The predicted molar refractivity (Wildman–Crippen MR) is 118 cm³/mol. The number of hydrogen-bond donors (Lipinski definition) is 1. The van der Waals surface area contributed by atoms with E-state index in [2.05, 4.69) is 49.1 Å². The fourth-order valence-electron chi connectivity index (χ4n) is 4.04. The van der Waals surface area contributed by atoms with Crippen molar-refractivity contribution in [2.24, 2.45) is 0 Å². The summed E-state index contributed by atoms with van der Waals surface area (Å²) in [7, 11) is 1.57. The lowest BCUT2D eigenvalue weighted by Crippen LogP contribution is -2.28. The Hall–Kier alpha value is -3.58. The van der Waals surface area contributed by atoms with E-state index >= 15 is 0 Å². The van der Waals surface area contributed by atoms with Crippen molar-refractivity contribution in [3.8, 4) is 17.0 Å². The highest BCUT2D eigenvalue weighted by Crippen LogP contribution is 2.35. The Morgan fingerprint density at radius 3 is 2.77 bits per heavy atom. The van der Waals surface area contributed by atoms with Crippen molar-refractivity contribution in [1.29, 1.82) is 0 Å². The smallest absolute Gasteiger partial charge is 0.141 e. The summed E-state index contributed by atoms with van der Waals surface area (Å²) in [6, 6.07) is 10.6. The molecule has 0 atom stereocenters. The van der Waals surface area contributed by atoms with Crippen LogP contribution in [-0.2, 0) is 6.54 Å². The Morgan fingerprint density at radius 1 is 1.13 bits per heavy atom. The van der Waals surface area contributed by atoms with Crippen LogP contribution in [-0.4, -0.2) is 45.0 Å². The highest BCUT2D eigenvalue weighted by atomic mass is 19.1. The molecule has 6 nitrogen and oxygen atoms in total. The van der Waals surface area contributed by atoms with Crippen molar-refractivity contribution in [3.63, 3.8) is 0 Å². The van der Waals surface area contributed by atoms with Gasteiger partial charge in [0.1, 0.15) is 23.5 Å². The SMILES string of the molecule is COc1ccc(F)cc1-c1ncnc2[nH]c(C3=CCN(Cc4ccncc4)CC3)cc12. The first-order valence-corrected chi connectivity index (χ1v) is 10.2. The number of benzene rings is 1. The quantitative estimate of drug-likeness (QED) is 0.521. The van der Waals surface area contributed by atoms with Crippen molar-refractivity contribution in [2.45, 2.75) is 13.0 Å². The average Bonchev–Trinajstić information content (AvgIpc) is 3.25. The molecule has 4 heterocycles. The number of nitrogens with one attached hydrogen (secondary N) is 1. The zero-order valence-corrected chi connectivity index (χ0v) is 17.2. The molecular formula is C24H22FN5O. The molecular weight excluding hydrogens is 393 g/mol. The van der Waals surface area contributed by atoms with E-state index in [1.165, 1.54) is 29.6 Å². The molecule has 0 aliphatic carbocycles. The van der Waals surface area contributed by atoms with E-state index in [9.17, 15) is 4.39 Å². The molecule has 4 aromatic rings. The number of nitrogens with zero attached hydrogens (tertiary/aromatic N) is 4. The Morgan fingerprint density at radius 2 is 2.00 bits per heavy atom. The van der Waals surface area contributed by atoms with Gasteiger partial charge in [0.05, 0.1) is 12.8 Å². The zero-order valence-electron chi connectivity index (χ0n) is 17.2. The van der Waals surface area contributed by atoms with Crippen LogP contribution in [0, 0.1) is 5.82 Å². The largest absolute Gasteiger partial charge is 0.496 e. The lowest BCUT2D eigenvalue weighted by Gasteiger charge is -2.26. The third kappa shape index (κ3) is 3.92. The molecule has 0 saturated heterocycles. The first kappa shape index (κ1) is 19.4. The second-order valence-electron chi connectivity index (χ2n) is 7.58. The lowest BCUT2D eigenvalue weighted by molar-refractivity contribution is 0.293. The first-order chi connectivity index (χ1) is 15.2. The van der Waals surface area contributed by atoms with Gasteiger partial charge in [-0.2, -0.15) is 0 Å². The molecule has 0 fully saturated rings. The van der Waals surface area contributed by atoms with Crippen LogP contribution in [0.1, 0.15) is 17.7 Å². The summed E-state index contributed by atoms with van der Waals surface area (Å²) < 4.78 is 19.4. The molecule has 1 aromatic carbocycles. The molecule has 0 saturated carbocycles. The van der Waals surface area contributed by atoms with Gasteiger partial charge in [-0.1, -0.05) is 6.08 Å². The molecule has 7 heteroatoms. The van der Waals surface area contributed by atoms with E-state index in [0.717, 1.165) is 42.8 Å². The molecule has 1 aliphatic rings. The zero-order chi connectivity index (χ0) is 21.2. The number of pyridine rings is 1. The van der Waals surface area contributed by atoms with Crippen LogP contribution in [0.15, 0.2) is 61.2 Å². The highest BCUT2D eigenvalue weighted by Gasteiger charge is 2.18. The van der Waals surface area contributed by atoms with Gasteiger partial charge in [0.25, 0.3) is 0 Å². The second kappa shape index (κ2) is 8.28. The van der Waals surface area contributed by atoms with Gasteiger partial charge < -0.3 is 9.72 Å². The van der Waals surface area contributed by atoms with Crippen LogP contribution < -0.4 is 4.74 Å². The van der Waals surface area contributed by atoms with Crippen LogP contribution in [0.2, 0.25) is 0 Å². The topological polar surface area (TPSA) is 66.9 Å². The molecule has 31 heavy (non-hydrogen) atoms. The molecule has 3 aromatic heterocycles. The molecule has 0 amide bonds. The summed E-state index contributed by atoms with van der Waals surface area (Å²) >= 11 is 0. The van der Waals surface area contributed by atoms with Gasteiger partial charge >= 0.3 is 0 Å². The Labute approximate surface area is 179 Å². The van der Waals surface area contributed by atoms with E-state index < -0.39 is 0 Å². The van der Waals surface area contributed by atoms with Gasteiger partial charge in [-0.3, -0.25) is 9.88 Å². The molecule has 0 radical (unpaired) electrons. The van der Waals surface area contributed by atoms with Crippen molar-refractivity contribution < 1.29 is 9.13 Å². The minimum Gasteiger partial charge on any atom is -0.496 e. The third-order valence-corrected chi connectivity index (χ3v) is 5.64. The molecule has 0 unspecified atom stereocenters. The van der Waals surface area contributed by atoms with Crippen molar-refractivity contribution in [2.75, 3.05) is 20.2 Å². The maximum absolute atomic E-state index is 13.9. The maximum Gasteiger partial charge on any atom is 0.141 e. The summed E-state index contributed by atoms with van der Waals surface area (Å²) in [4.78, 5) is 18.7. The Kier molecular flexibility index (Phi) is 5.18. The number of aromatic amines is 1. The van der Waals surface area contributed by atoms with Gasteiger partial charge in [0.15, 0.2) is 0 Å². The van der Waals surface area contributed by atoms with Gasteiger partial charge in [-0.05, 0) is 54.0 Å². The van der Waals surface area contributed by atoms with Crippen molar-refractivity contribution in [1.82, 2.24) is 24.8 Å². The fourth-order valence-corrected chi connectivity index (χ4v) is 4.04. The van der Waals surface area contributed by atoms with Gasteiger partial charge in [-0.25, -0.2) is 14.4 Å². The monoisotopic (exact) mass is 415 g/mol. The summed E-state index contributed by atoms with van der Waals surface area (Å²) in [6.07, 6.45) is 8.34. The maximum atomic E-state index is 13.9. The van der Waals surface area contributed by atoms with E-state index in [-0.39, 0.29) is 5.82 Å². The summed E-state index contributed by atoms with van der Waals surface area (Å²) in [5, 5.41) is 0.849. The van der Waals surface area contributed by atoms with Crippen molar-refractivity contribution in [3.05, 3.63) is 78.3 Å². The van der Waals surface area contributed by atoms with Crippen molar-refractivity contribution >= 4 is 16.6 Å². The minimum atomic E-state index is -0.331. The molecule has 5 rings (SSSR count). The Bertz CT molecular complexity index is 1250. The molecule has 0 spiro atoms. The predicted octanol–water partition coefficient (Wildman–Crippen LogP) is 4.46. The number of aromatic nitrogens is 4. The van der Waals surface area contributed by atoms with E-state index in [4.69, 9.17) is 4.74 Å². The van der Waals surface area contributed by atoms with Gasteiger partial charge in [0.2, 0.25) is 0 Å². The van der Waals surface area contributed by atoms with E-state index in [0.29, 0.717) is 17.0 Å². The molecule has 1 aliphatic heterocycles. The van der Waals surface area contributed by atoms with Gasteiger partial charge in [-0.15, -0.1) is 0 Å². The van der Waals surface area contributed by atoms with Crippen LogP contribution >= 0.6 is 0 Å². The summed E-state index contributed by atoms with van der Waals surface area (Å²) in [5.41, 5.74) is 5.53. The van der Waals surface area contributed by atoms with Crippen LogP contribution in [0.4, 0.5) is 4.39 Å². The highest BCUT2D eigenvalue weighted by molar-refractivity contribution is 5.94. The number of halogens is 1. The number of methoxy groups -OCH3 is 1. The average molecular weight is 415 g/mol. The number of rotatable bonds is 5. The van der Waals surface area contributed by atoms with Crippen LogP contribution in [0.3, 0.4) is 0 Å². The van der Waals surface area contributed by atoms with Crippen LogP contribution in [0.5, 0.6) is 5.75 Å². The molecule has 156 valence electrons. The fraction of sp³-hybridized carbons (Fsp3) is 0.208. The molecule has 1 N–H and O–H groups in total. The number of H-pyrrole nitrogens is 1. The molecule has 0 bridgehead atoms. The normalized spacial score (nSPS) is 14.6. The van der Waals surface area contributed by atoms with Crippen LogP contribution in [0.25, 0.3) is 27.9 Å². The number of hydrogen-bond acceptors (Lipinski definition) is 5. The minimum absolute atomic E-state index is 0.331. The first-order valence-electron chi connectivity index (χ1n) is 10.2. The Balaban J connectivity index is 1.44.